The van der Waals surface area contributed by atoms with Crippen LogP contribution >= 0.6 is 0 Å². The van der Waals surface area contributed by atoms with Gasteiger partial charge in [-0.3, -0.25) is 14.0 Å². The van der Waals surface area contributed by atoms with Gasteiger partial charge in [0.1, 0.15) is 0 Å². The highest BCUT2D eigenvalue weighted by atomic mass is 16.2. The number of hydrogen-bond donors (Lipinski definition) is 0. The van der Waals surface area contributed by atoms with Gasteiger partial charge in [-0.1, -0.05) is 24.3 Å². The van der Waals surface area contributed by atoms with E-state index in [2.05, 4.69) is 15.3 Å². The molecule has 1 saturated heterocycles. The van der Waals surface area contributed by atoms with Crippen LogP contribution < -0.4 is 5.56 Å². The normalized spacial score (nSPS) is 16.9. The highest BCUT2D eigenvalue weighted by molar-refractivity contribution is 6.05. The Morgan fingerprint density at radius 1 is 1.07 bits per heavy atom. The van der Waals surface area contributed by atoms with Crippen molar-refractivity contribution in [1.82, 2.24) is 29.3 Å². The summed E-state index contributed by atoms with van der Waals surface area (Å²) in [5.41, 5.74) is 0.828. The maximum absolute atomic E-state index is 13.5. The van der Waals surface area contributed by atoms with Gasteiger partial charge < -0.3 is 4.90 Å². The van der Waals surface area contributed by atoms with E-state index in [0.717, 1.165) is 24.3 Å². The van der Waals surface area contributed by atoms with Crippen LogP contribution in [0, 0.1) is 0 Å². The molecule has 4 heterocycles. The van der Waals surface area contributed by atoms with Gasteiger partial charge in [0.15, 0.2) is 17.2 Å². The van der Waals surface area contributed by atoms with Crippen molar-refractivity contribution in [1.29, 1.82) is 0 Å². The number of likely N-dealkylation sites (tertiary alicyclic amines) is 1. The lowest BCUT2D eigenvalue weighted by Crippen LogP contribution is -2.34. The summed E-state index contributed by atoms with van der Waals surface area (Å²) in [6.45, 7) is 0.615. The molecule has 8 heteroatoms. The molecule has 1 unspecified atom stereocenters. The van der Waals surface area contributed by atoms with Crippen LogP contribution in [0.5, 0.6) is 0 Å². The number of fused-ring (bicyclic) bond motifs is 2. The molecule has 4 aromatic rings. The predicted molar refractivity (Wildman–Crippen MR) is 103 cm³/mol. The van der Waals surface area contributed by atoms with Crippen molar-refractivity contribution in [3.63, 3.8) is 0 Å². The van der Waals surface area contributed by atoms with Crippen molar-refractivity contribution in [3.05, 3.63) is 70.5 Å². The summed E-state index contributed by atoms with van der Waals surface area (Å²) in [7, 11) is 1.57. The zero-order valence-corrected chi connectivity index (χ0v) is 15.3. The topological polar surface area (TPSA) is 85.4 Å². The Labute approximate surface area is 160 Å². The SMILES string of the molecule is Cn1nc(C(=O)N2CCCC2c2nnc3ccccn23)c2ccccc2c1=O. The van der Waals surface area contributed by atoms with Crippen molar-refractivity contribution >= 4 is 22.3 Å². The maximum atomic E-state index is 13.5. The summed E-state index contributed by atoms with van der Waals surface area (Å²) in [5, 5.41) is 13.9. The van der Waals surface area contributed by atoms with Crippen LogP contribution in [-0.2, 0) is 7.05 Å². The summed E-state index contributed by atoms with van der Waals surface area (Å²) < 4.78 is 3.15. The van der Waals surface area contributed by atoms with Gasteiger partial charge in [0.2, 0.25) is 0 Å². The van der Waals surface area contributed by atoms with Crippen LogP contribution in [0.2, 0.25) is 0 Å². The summed E-state index contributed by atoms with van der Waals surface area (Å²) in [6.07, 6.45) is 3.60. The largest absolute Gasteiger partial charge is 0.327 e. The molecule has 0 radical (unpaired) electrons. The van der Waals surface area contributed by atoms with E-state index in [9.17, 15) is 9.59 Å². The third kappa shape index (κ3) is 2.41. The molecule has 1 fully saturated rings. The molecule has 1 amide bonds. The fraction of sp³-hybridized carbons (Fsp3) is 0.250. The molecule has 1 aromatic carbocycles. The van der Waals surface area contributed by atoms with Crippen LogP contribution in [0.4, 0.5) is 0 Å². The monoisotopic (exact) mass is 374 g/mol. The van der Waals surface area contributed by atoms with E-state index in [1.54, 1.807) is 30.1 Å². The highest BCUT2D eigenvalue weighted by Gasteiger charge is 2.35. The molecule has 0 saturated carbocycles. The zero-order valence-electron chi connectivity index (χ0n) is 15.3. The molecule has 5 rings (SSSR count). The van der Waals surface area contributed by atoms with Gasteiger partial charge in [-0.2, -0.15) is 5.10 Å². The van der Waals surface area contributed by atoms with E-state index in [4.69, 9.17) is 0 Å². The first-order chi connectivity index (χ1) is 13.6. The van der Waals surface area contributed by atoms with E-state index in [1.807, 2.05) is 34.9 Å². The van der Waals surface area contributed by atoms with Gasteiger partial charge in [-0.15, -0.1) is 10.2 Å². The van der Waals surface area contributed by atoms with E-state index in [0.29, 0.717) is 23.0 Å². The van der Waals surface area contributed by atoms with Gasteiger partial charge >= 0.3 is 0 Å². The van der Waals surface area contributed by atoms with Gasteiger partial charge in [-0.05, 0) is 31.0 Å². The molecule has 0 bridgehead atoms. The Hall–Kier alpha value is -3.55. The average molecular weight is 374 g/mol. The van der Waals surface area contributed by atoms with E-state index >= 15 is 0 Å². The summed E-state index contributed by atoms with van der Waals surface area (Å²) in [6, 6.07) is 12.6. The molecule has 140 valence electrons. The number of aryl methyl sites for hydroxylation is 1. The number of carbonyl (C=O) groups excluding carboxylic acids is 1. The Morgan fingerprint density at radius 2 is 1.86 bits per heavy atom. The van der Waals surface area contributed by atoms with Crippen molar-refractivity contribution in [3.8, 4) is 0 Å². The van der Waals surface area contributed by atoms with Gasteiger partial charge in [-0.25, -0.2) is 4.68 Å². The fourth-order valence-corrected chi connectivity index (χ4v) is 3.96. The minimum atomic E-state index is -0.214. The Morgan fingerprint density at radius 3 is 2.71 bits per heavy atom. The van der Waals surface area contributed by atoms with Crippen LogP contribution in [0.3, 0.4) is 0 Å². The molecule has 0 N–H and O–H groups in total. The molecule has 1 aliphatic heterocycles. The smallest absolute Gasteiger partial charge is 0.275 e. The first-order valence-electron chi connectivity index (χ1n) is 9.22. The zero-order chi connectivity index (χ0) is 19.3. The number of pyridine rings is 1. The van der Waals surface area contributed by atoms with Crippen molar-refractivity contribution < 1.29 is 4.79 Å². The van der Waals surface area contributed by atoms with E-state index in [-0.39, 0.29) is 17.5 Å². The summed E-state index contributed by atoms with van der Waals surface area (Å²) in [4.78, 5) is 27.6. The minimum absolute atomic E-state index is 0.178. The van der Waals surface area contributed by atoms with E-state index in [1.165, 1.54) is 4.68 Å². The van der Waals surface area contributed by atoms with Crippen molar-refractivity contribution in [2.24, 2.45) is 7.05 Å². The maximum Gasteiger partial charge on any atom is 0.275 e. The molecule has 3 aromatic heterocycles. The quantitative estimate of drug-likeness (QED) is 0.535. The Bertz CT molecular complexity index is 1270. The third-order valence-electron chi connectivity index (χ3n) is 5.31. The van der Waals surface area contributed by atoms with Crippen molar-refractivity contribution in [2.75, 3.05) is 6.54 Å². The fourth-order valence-electron chi connectivity index (χ4n) is 3.96. The van der Waals surface area contributed by atoms with E-state index < -0.39 is 0 Å². The number of amides is 1. The number of hydrogen-bond acceptors (Lipinski definition) is 5. The number of rotatable bonds is 2. The highest BCUT2D eigenvalue weighted by Crippen LogP contribution is 2.32. The minimum Gasteiger partial charge on any atom is -0.327 e. The van der Waals surface area contributed by atoms with Gasteiger partial charge in [0, 0.05) is 25.2 Å². The lowest BCUT2D eigenvalue weighted by Gasteiger charge is -2.23. The average Bonchev–Trinajstić information content (AvgIpc) is 3.37. The molecule has 28 heavy (non-hydrogen) atoms. The predicted octanol–water partition coefficient (Wildman–Crippen LogP) is 1.95. The Balaban J connectivity index is 1.61. The van der Waals surface area contributed by atoms with Crippen LogP contribution in [0.15, 0.2) is 53.5 Å². The number of benzene rings is 1. The van der Waals surface area contributed by atoms with Crippen LogP contribution in [-0.4, -0.2) is 41.7 Å². The molecule has 0 spiro atoms. The van der Waals surface area contributed by atoms with Gasteiger partial charge in [0.05, 0.1) is 11.4 Å². The summed E-state index contributed by atoms with van der Waals surface area (Å²) in [5.74, 6) is 0.553. The lowest BCUT2D eigenvalue weighted by atomic mass is 10.1. The Kier molecular flexibility index (Phi) is 3.71. The summed E-state index contributed by atoms with van der Waals surface area (Å²) >= 11 is 0. The second-order valence-electron chi connectivity index (χ2n) is 6.97. The first kappa shape index (κ1) is 16.6. The first-order valence-corrected chi connectivity index (χ1v) is 9.22. The lowest BCUT2D eigenvalue weighted by molar-refractivity contribution is 0.0723. The standard InChI is InChI=1S/C20H18N6O2/c1-24-19(27)14-8-3-2-7-13(14)17(23-24)20(28)25-12-6-9-15(25)18-22-21-16-10-4-5-11-26(16)18/h2-5,7-8,10-11,15H,6,9,12H2,1H3. The van der Waals surface area contributed by atoms with Crippen molar-refractivity contribution in [2.45, 2.75) is 18.9 Å². The second kappa shape index (κ2) is 6.26. The molecule has 8 nitrogen and oxygen atoms in total. The van der Waals surface area contributed by atoms with Crippen LogP contribution in [0.1, 0.15) is 35.2 Å². The van der Waals surface area contributed by atoms with Crippen LogP contribution in [0.25, 0.3) is 16.4 Å². The number of aromatic nitrogens is 5. The molecular weight excluding hydrogens is 356 g/mol. The molecule has 1 aliphatic rings. The molecule has 0 aliphatic carbocycles. The molecule has 1 atom stereocenters. The number of nitrogens with zero attached hydrogens (tertiary/aromatic N) is 6. The third-order valence-corrected chi connectivity index (χ3v) is 5.31. The second-order valence-corrected chi connectivity index (χ2v) is 6.97. The number of carbonyl (C=O) groups is 1. The van der Waals surface area contributed by atoms with Gasteiger partial charge in [0.25, 0.3) is 11.5 Å². The molecular formula is C20H18N6O2.